The highest BCUT2D eigenvalue weighted by molar-refractivity contribution is 9.10. The Bertz CT molecular complexity index is 760. The van der Waals surface area contributed by atoms with Crippen molar-refractivity contribution in [2.75, 3.05) is 13.7 Å². The van der Waals surface area contributed by atoms with Gasteiger partial charge in [0.25, 0.3) is 5.91 Å². The first kappa shape index (κ1) is 18.7. The molecule has 0 aliphatic rings. The zero-order chi connectivity index (χ0) is 18.1. The molecule has 0 aromatic heterocycles. The van der Waals surface area contributed by atoms with Gasteiger partial charge in [0.15, 0.2) is 0 Å². The number of hydrazone groups is 1. The van der Waals surface area contributed by atoms with Crippen LogP contribution in [0, 0.1) is 0 Å². The molecule has 2 rings (SSSR count). The maximum absolute atomic E-state index is 11.8. The molecule has 0 spiro atoms. The molecule has 0 radical (unpaired) electrons. The molecule has 7 heteroatoms. The fraction of sp³-hybridized carbons (Fsp3) is 0.167. The largest absolute Gasteiger partial charge is 0.497 e. The second-order valence-electron chi connectivity index (χ2n) is 5.15. The van der Waals surface area contributed by atoms with E-state index in [4.69, 9.17) is 4.74 Å². The lowest BCUT2D eigenvalue weighted by Gasteiger charge is -2.05. The third-order valence-electron chi connectivity index (χ3n) is 3.22. The quantitative estimate of drug-likeness (QED) is 0.549. The van der Waals surface area contributed by atoms with Crippen LogP contribution in [0.3, 0.4) is 0 Å². The lowest BCUT2D eigenvalue weighted by Crippen LogP contribution is -2.35. The van der Waals surface area contributed by atoms with Crippen LogP contribution in [0.1, 0.15) is 11.1 Å². The van der Waals surface area contributed by atoms with Crippen molar-refractivity contribution in [1.29, 1.82) is 0 Å². The average Bonchev–Trinajstić information content (AvgIpc) is 2.61. The van der Waals surface area contributed by atoms with Crippen LogP contribution in [0.15, 0.2) is 58.1 Å². The molecule has 2 aromatic carbocycles. The highest BCUT2D eigenvalue weighted by atomic mass is 79.9. The summed E-state index contributed by atoms with van der Waals surface area (Å²) in [5.41, 5.74) is 4.05. The van der Waals surface area contributed by atoms with E-state index >= 15 is 0 Å². The van der Waals surface area contributed by atoms with Crippen molar-refractivity contribution in [3.63, 3.8) is 0 Å². The van der Waals surface area contributed by atoms with Gasteiger partial charge in [-0.05, 0) is 35.4 Å². The Hall–Kier alpha value is -2.67. The third kappa shape index (κ3) is 6.76. The number of rotatable bonds is 7. The highest BCUT2D eigenvalue weighted by Gasteiger charge is 2.06. The number of nitrogens with one attached hydrogen (secondary N) is 2. The molecular weight excluding hydrogens is 386 g/mol. The van der Waals surface area contributed by atoms with Gasteiger partial charge in [-0.15, -0.1) is 0 Å². The first-order chi connectivity index (χ1) is 12.1. The molecule has 2 aromatic rings. The number of hydrogen-bond donors (Lipinski definition) is 2. The predicted octanol–water partition coefficient (Wildman–Crippen LogP) is 2.27. The van der Waals surface area contributed by atoms with Crippen LogP contribution < -0.4 is 15.5 Å². The molecule has 0 heterocycles. The van der Waals surface area contributed by atoms with Crippen LogP contribution in [-0.2, 0) is 16.0 Å². The number of amides is 2. The molecule has 0 saturated carbocycles. The van der Waals surface area contributed by atoms with Crippen molar-refractivity contribution in [2.24, 2.45) is 5.10 Å². The van der Waals surface area contributed by atoms with Crippen LogP contribution in [0.2, 0.25) is 0 Å². The normalized spacial score (nSPS) is 10.5. The monoisotopic (exact) mass is 403 g/mol. The van der Waals surface area contributed by atoms with Gasteiger partial charge in [-0.25, -0.2) is 5.43 Å². The molecule has 0 fully saturated rings. The van der Waals surface area contributed by atoms with Gasteiger partial charge in [-0.3, -0.25) is 9.59 Å². The van der Waals surface area contributed by atoms with Gasteiger partial charge < -0.3 is 10.1 Å². The number of carbonyl (C=O) groups excluding carboxylic acids is 2. The van der Waals surface area contributed by atoms with E-state index in [0.717, 1.165) is 21.3 Å². The van der Waals surface area contributed by atoms with E-state index in [-0.39, 0.29) is 18.9 Å². The number of benzene rings is 2. The van der Waals surface area contributed by atoms with E-state index in [2.05, 4.69) is 31.8 Å². The second kappa shape index (κ2) is 9.58. The minimum absolute atomic E-state index is 0.134. The van der Waals surface area contributed by atoms with E-state index in [0.29, 0.717) is 0 Å². The minimum Gasteiger partial charge on any atom is -0.497 e. The summed E-state index contributed by atoms with van der Waals surface area (Å²) in [6.07, 6.45) is 1.72. The fourth-order valence-electron chi connectivity index (χ4n) is 1.98. The molecule has 0 bridgehead atoms. The third-order valence-corrected chi connectivity index (χ3v) is 3.71. The standard InChI is InChI=1S/C18H18BrN3O3/c1-25-16-7-5-13(6-8-16)10-17(23)20-12-18(24)22-21-11-14-3-2-4-15(19)9-14/h2-9,11H,10,12H2,1H3,(H,20,23)(H,22,24). The van der Waals surface area contributed by atoms with E-state index in [9.17, 15) is 9.59 Å². The maximum atomic E-state index is 11.8. The van der Waals surface area contributed by atoms with Gasteiger partial charge in [-0.1, -0.05) is 40.2 Å². The number of halogens is 1. The molecule has 2 N–H and O–H groups in total. The van der Waals surface area contributed by atoms with Crippen LogP contribution in [0.5, 0.6) is 5.75 Å². The van der Waals surface area contributed by atoms with Crippen LogP contribution in [-0.4, -0.2) is 31.7 Å². The summed E-state index contributed by atoms with van der Waals surface area (Å²) >= 11 is 3.36. The molecule has 0 aliphatic heterocycles. The molecule has 25 heavy (non-hydrogen) atoms. The second-order valence-corrected chi connectivity index (χ2v) is 6.07. The summed E-state index contributed by atoms with van der Waals surface area (Å²) in [7, 11) is 1.58. The molecule has 0 atom stereocenters. The summed E-state index contributed by atoms with van der Waals surface area (Å²) in [5.74, 6) is 0.0949. The van der Waals surface area contributed by atoms with Gasteiger partial charge in [-0.2, -0.15) is 5.10 Å². The van der Waals surface area contributed by atoms with Crippen molar-refractivity contribution in [1.82, 2.24) is 10.7 Å². The Labute approximate surface area is 154 Å². The number of nitrogens with zero attached hydrogens (tertiary/aromatic N) is 1. The van der Waals surface area contributed by atoms with Crippen LogP contribution >= 0.6 is 15.9 Å². The molecular formula is C18H18BrN3O3. The van der Waals surface area contributed by atoms with Gasteiger partial charge in [0.1, 0.15) is 5.75 Å². The van der Waals surface area contributed by atoms with E-state index in [1.165, 1.54) is 6.21 Å². The Morgan fingerprint density at radius 1 is 1.16 bits per heavy atom. The van der Waals surface area contributed by atoms with E-state index < -0.39 is 5.91 Å². The number of carbonyl (C=O) groups is 2. The van der Waals surface area contributed by atoms with Crippen molar-refractivity contribution in [3.8, 4) is 5.75 Å². The van der Waals surface area contributed by atoms with Gasteiger partial charge in [0.2, 0.25) is 5.91 Å². The van der Waals surface area contributed by atoms with Crippen LogP contribution in [0.25, 0.3) is 0 Å². The number of hydrogen-bond acceptors (Lipinski definition) is 4. The topological polar surface area (TPSA) is 79.8 Å². The summed E-state index contributed by atoms with van der Waals surface area (Å²) in [6, 6.07) is 14.7. The van der Waals surface area contributed by atoms with Crippen molar-refractivity contribution in [2.45, 2.75) is 6.42 Å². The number of ether oxygens (including phenoxy) is 1. The summed E-state index contributed by atoms with van der Waals surface area (Å²) in [6.45, 7) is -0.134. The van der Waals surface area contributed by atoms with Crippen molar-refractivity contribution >= 4 is 34.0 Å². The minimum atomic E-state index is -0.394. The zero-order valence-electron chi connectivity index (χ0n) is 13.7. The fourth-order valence-corrected chi connectivity index (χ4v) is 2.39. The molecule has 0 saturated heterocycles. The summed E-state index contributed by atoms with van der Waals surface area (Å²) in [4.78, 5) is 23.5. The Kier molecular flexibility index (Phi) is 7.16. The average molecular weight is 404 g/mol. The lowest BCUT2D eigenvalue weighted by atomic mass is 10.1. The first-order valence-corrected chi connectivity index (χ1v) is 8.33. The molecule has 0 aliphatic carbocycles. The number of methoxy groups -OCH3 is 1. The van der Waals surface area contributed by atoms with Gasteiger partial charge in [0.05, 0.1) is 26.3 Å². The summed E-state index contributed by atoms with van der Waals surface area (Å²) < 4.78 is 5.98. The van der Waals surface area contributed by atoms with Crippen molar-refractivity contribution in [3.05, 3.63) is 64.1 Å². The Balaban J connectivity index is 1.72. The zero-order valence-corrected chi connectivity index (χ0v) is 15.2. The van der Waals surface area contributed by atoms with Gasteiger partial charge >= 0.3 is 0 Å². The molecule has 0 unspecified atom stereocenters. The summed E-state index contributed by atoms with van der Waals surface area (Å²) in [5, 5.41) is 6.41. The maximum Gasteiger partial charge on any atom is 0.259 e. The van der Waals surface area contributed by atoms with Crippen LogP contribution in [0.4, 0.5) is 0 Å². The first-order valence-electron chi connectivity index (χ1n) is 7.54. The predicted molar refractivity (Wildman–Crippen MR) is 99.6 cm³/mol. The highest BCUT2D eigenvalue weighted by Crippen LogP contribution is 2.11. The molecule has 2 amide bonds. The van der Waals surface area contributed by atoms with E-state index in [1.54, 1.807) is 31.4 Å². The Morgan fingerprint density at radius 2 is 1.92 bits per heavy atom. The Morgan fingerprint density at radius 3 is 2.60 bits per heavy atom. The van der Waals surface area contributed by atoms with Gasteiger partial charge in [0, 0.05) is 4.47 Å². The van der Waals surface area contributed by atoms with Crippen molar-refractivity contribution < 1.29 is 14.3 Å². The SMILES string of the molecule is COc1ccc(CC(=O)NCC(=O)NN=Cc2cccc(Br)c2)cc1. The smallest absolute Gasteiger partial charge is 0.259 e. The molecule has 130 valence electrons. The van der Waals surface area contributed by atoms with E-state index in [1.807, 2.05) is 24.3 Å². The molecule has 6 nitrogen and oxygen atoms in total. The lowest BCUT2D eigenvalue weighted by molar-refractivity contribution is -0.125.